The molecular formula is C20H26N2O3. The van der Waals surface area contributed by atoms with Crippen LogP contribution in [0.4, 0.5) is 0 Å². The van der Waals surface area contributed by atoms with Crippen LogP contribution in [0.25, 0.3) is 0 Å². The van der Waals surface area contributed by atoms with Crippen molar-refractivity contribution in [1.29, 1.82) is 0 Å². The highest BCUT2D eigenvalue weighted by atomic mass is 16.5. The molecule has 1 aromatic carbocycles. The summed E-state index contributed by atoms with van der Waals surface area (Å²) in [7, 11) is 0. The van der Waals surface area contributed by atoms with Crippen LogP contribution >= 0.6 is 0 Å². The summed E-state index contributed by atoms with van der Waals surface area (Å²) in [6, 6.07) is 10.3. The van der Waals surface area contributed by atoms with E-state index in [1.807, 2.05) is 30.3 Å². The van der Waals surface area contributed by atoms with Crippen molar-refractivity contribution in [2.24, 2.45) is 5.92 Å². The van der Waals surface area contributed by atoms with Crippen molar-refractivity contribution >= 4 is 11.9 Å². The number of hydrogen-bond donors (Lipinski definition) is 2. The first-order valence-corrected chi connectivity index (χ1v) is 9.44. The average Bonchev–Trinajstić information content (AvgIpc) is 2.91. The molecule has 3 aliphatic rings. The first-order valence-electron chi connectivity index (χ1n) is 9.44. The van der Waals surface area contributed by atoms with E-state index in [1.54, 1.807) is 0 Å². The maximum Gasteiger partial charge on any atom is 0.309 e. The lowest BCUT2D eigenvalue weighted by atomic mass is 9.79. The molecule has 1 amide bonds. The summed E-state index contributed by atoms with van der Waals surface area (Å²) in [4.78, 5) is 24.8. The van der Waals surface area contributed by atoms with Crippen molar-refractivity contribution in [2.75, 3.05) is 0 Å². The summed E-state index contributed by atoms with van der Waals surface area (Å²) in [5, 5.41) is 6.68. The van der Waals surface area contributed by atoms with Crippen LogP contribution in [0.5, 0.6) is 0 Å². The van der Waals surface area contributed by atoms with E-state index >= 15 is 0 Å². The number of carbonyl (C=O) groups is 2. The molecule has 2 atom stereocenters. The molecule has 25 heavy (non-hydrogen) atoms. The number of esters is 1. The number of rotatable bonds is 5. The van der Waals surface area contributed by atoms with E-state index < -0.39 is 0 Å². The largest absolute Gasteiger partial charge is 0.461 e. The first-order chi connectivity index (χ1) is 12.1. The van der Waals surface area contributed by atoms with Gasteiger partial charge in [0.15, 0.2) is 0 Å². The normalized spacial score (nSPS) is 33.4. The molecule has 1 aliphatic carbocycles. The van der Waals surface area contributed by atoms with Gasteiger partial charge in [0.25, 0.3) is 0 Å². The highest BCUT2D eigenvalue weighted by Gasteiger charge is 2.48. The molecule has 2 heterocycles. The van der Waals surface area contributed by atoms with Crippen LogP contribution in [0.15, 0.2) is 30.3 Å². The van der Waals surface area contributed by atoms with E-state index in [1.165, 1.54) is 6.42 Å². The minimum absolute atomic E-state index is 0.0813. The zero-order valence-corrected chi connectivity index (χ0v) is 14.5. The molecule has 2 unspecified atom stereocenters. The zero-order valence-electron chi connectivity index (χ0n) is 14.5. The third-order valence-electron chi connectivity index (χ3n) is 6.02. The predicted molar refractivity (Wildman–Crippen MR) is 93.6 cm³/mol. The molecule has 2 saturated heterocycles. The van der Waals surface area contributed by atoms with E-state index in [0.29, 0.717) is 25.5 Å². The Balaban J connectivity index is 1.21. The number of benzene rings is 1. The number of nitrogens with one attached hydrogen (secondary N) is 2. The highest BCUT2D eigenvalue weighted by molar-refractivity contribution is 5.87. The third kappa shape index (κ3) is 3.43. The van der Waals surface area contributed by atoms with E-state index in [2.05, 4.69) is 10.6 Å². The van der Waals surface area contributed by atoms with Crippen LogP contribution in [0.3, 0.4) is 0 Å². The fourth-order valence-corrected chi connectivity index (χ4v) is 4.41. The van der Waals surface area contributed by atoms with Crippen molar-refractivity contribution in [3.63, 3.8) is 0 Å². The van der Waals surface area contributed by atoms with Gasteiger partial charge in [-0.15, -0.1) is 0 Å². The molecular weight excluding hydrogens is 316 g/mol. The molecule has 1 saturated carbocycles. The summed E-state index contributed by atoms with van der Waals surface area (Å²) in [6.45, 7) is 0.321. The Morgan fingerprint density at radius 3 is 2.76 bits per heavy atom. The number of fused-ring (bicyclic) bond motifs is 2. The molecule has 1 aromatic rings. The molecule has 0 radical (unpaired) electrons. The zero-order chi connectivity index (χ0) is 17.3. The highest BCUT2D eigenvalue weighted by Crippen LogP contribution is 2.37. The molecule has 2 N–H and O–H groups in total. The van der Waals surface area contributed by atoms with Gasteiger partial charge in [0.2, 0.25) is 5.91 Å². The maximum atomic E-state index is 12.7. The van der Waals surface area contributed by atoms with E-state index in [9.17, 15) is 9.59 Å². The lowest BCUT2D eigenvalue weighted by Gasteiger charge is -2.39. The van der Waals surface area contributed by atoms with Gasteiger partial charge < -0.3 is 15.4 Å². The average molecular weight is 342 g/mol. The standard InChI is InChI=1S/C20H26N2O3/c23-18(25-13-14-5-2-1-3-6-14)15-11-17(12-15)21-19(24)20-9-4-7-16(22-20)8-10-20/h1-3,5-6,15-17,22H,4,7-13H2,(H,21,24). The Hall–Kier alpha value is -1.88. The van der Waals surface area contributed by atoms with Crippen LogP contribution in [-0.2, 0) is 20.9 Å². The lowest BCUT2D eigenvalue weighted by Crippen LogP contribution is -2.60. The van der Waals surface area contributed by atoms with Gasteiger partial charge >= 0.3 is 5.97 Å². The van der Waals surface area contributed by atoms with Crippen molar-refractivity contribution in [3.05, 3.63) is 35.9 Å². The Morgan fingerprint density at radius 2 is 1.96 bits per heavy atom. The Morgan fingerprint density at radius 1 is 1.16 bits per heavy atom. The van der Waals surface area contributed by atoms with E-state index in [-0.39, 0.29) is 29.4 Å². The molecule has 2 aliphatic heterocycles. The Bertz CT molecular complexity index is 638. The summed E-state index contributed by atoms with van der Waals surface area (Å²) in [5.74, 6) is -0.0952. The number of amides is 1. The Kier molecular flexibility index (Phi) is 4.50. The molecule has 2 bridgehead atoms. The second-order valence-electron chi connectivity index (χ2n) is 7.79. The van der Waals surface area contributed by atoms with Crippen LogP contribution in [0, 0.1) is 5.92 Å². The second-order valence-corrected chi connectivity index (χ2v) is 7.79. The Labute approximate surface area is 148 Å². The topological polar surface area (TPSA) is 67.4 Å². The molecule has 3 fully saturated rings. The lowest BCUT2D eigenvalue weighted by molar-refractivity contribution is -0.154. The fraction of sp³-hybridized carbons (Fsp3) is 0.600. The van der Waals surface area contributed by atoms with Gasteiger partial charge in [-0.25, -0.2) is 0 Å². The van der Waals surface area contributed by atoms with Gasteiger partial charge in [0.05, 0.1) is 11.5 Å². The number of hydrogen-bond acceptors (Lipinski definition) is 4. The van der Waals surface area contributed by atoms with Gasteiger partial charge in [-0.1, -0.05) is 30.3 Å². The number of ether oxygens (including phenoxy) is 1. The van der Waals surface area contributed by atoms with Crippen LogP contribution in [0.2, 0.25) is 0 Å². The predicted octanol–water partition coefficient (Wildman–Crippen LogP) is 2.30. The maximum absolute atomic E-state index is 12.7. The first kappa shape index (κ1) is 16.6. The molecule has 0 spiro atoms. The van der Waals surface area contributed by atoms with Crippen molar-refractivity contribution in [2.45, 2.75) is 69.2 Å². The number of carbonyl (C=O) groups excluding carboxylic acids is 2. The smallest absolute Gasteiger partial charge is 0.309 e. The van der Waals surface area contributed by atoms with Gasteiger partial charge in [-0.3, -0.25) is 9.59 Å². The van der Waals surface area contributed by atoms with Crippen molar-refractivity contribution < 1.29 is 14.3 Å². The van der Waals surface area contributed by atoms with Gasteiger partial charge in [-0.2, -0.15) is 0 Å². The van der Waals surface area contributed by atoms with Gasteiger partial charge in [-0.05, 0) is 50.5 Å². The quantitative estimate of drug-likeness (QED) is 0.806. The molecule has 5 nitrogen and oxygen atoms in total. The fourth-order valence-electron chi connectivity index (χ4n) is 4.41. The van der Waals surface area contributed by atoms with E-state index in [4.69, 9.17) is 4.74 Å². The SMILES string of the molecule is O=C(OCc1ccccc1)C1CC(NC(=O)C23CCCC(CC2)N3)C1. The monoisotopic (exact) mass is 342 g/mol. The van der Waals surface area contributed by atoms with Crippen LogP contribution in [-0.4, -0.2) is 29.5 Å². The summed E-state index contributed by atoms with van der Waals surface area (Å²) in [5.41, 5.74) is 0.653. The van der Waals surface area contributed by atoms with Crippen molar-refractivity contribution in [1.82, 2.24) is 10.6 Å². The van der Waals surface area contributed by atoms with Crippen LogP contribution in [0.1, 0.15) is 50.5 Å². The molecule has 134 valence electrons. The molecule has 4 rings (SSSR count). The molecule has 5 heteroatoms. The summed E-state index contributed by atoms with van der Waals surface area (Å²) in [6.07, 6.45) is 6.69. The molecule has 0 aromatic heterocycles. The van der Waals surface area contributed by atoms with Gasteiger partial charge in [0.1, 0.15) is 6.61 Å². The summed E-state index contributed by atoms with van der Waals surface area (Å²) < 4.78 is 5.39. The van der Waals surface area contributed by atoms with E-state index in [0.717, 1.165) is 31.2 Å². The second kappa shape index (κ2) is 6.79. The van der Waals surface area contributed by atoms with Crippen LogP contribution < -0.4 is 10.6 Å². The summed E-state index contributed by atoms with van der Waals surface area (Å²) >= 11 is 0. The minimum atomic E-state index is -0.345. The third-order valence-corrected chi connectivity index (χ3v) is 6.02. The van der Waals surface area contributed by atoms with Crippen molar-refractivity contribution in [3.8, 4) is 0 Å². The van der Waals surface area contributed by atoms with Gasteiger partial charge in [0, 0.05) is 12.1 Å². The number of piperidine rings is 1. The minimum Gasteiger partial charge on any atom is -0.461 e.